The first-order chi connectivity index (χ1) is 29.1. The van der Waals surface area contributed by atoms with Crippen LogP contribution < -0.4 is 10.6 Å². The number of nitrogens with zero attached hydrogens (tertiary/aromatic N) is 4. The Morgan fingerprint density at radius 3 is 2.40 bits per heavy atom. The number of amides is 4. The number of alkyl carbamates (subject to hydrolysis) is 1. The molecule has 4 aliphatic rings. The Morgan fingerprint density at radius 1 is 0.883 bits per heavy atom. The molecule has 5 N–H and O–H groups in total. The number of methoxy groups -OCH3 is 1. The Kier molecular flexibility index (Phi) is 10.7. The summed E-state index contributed by atoms with van der Waals surface area (Å²) in [5, 5.41) is 17.0. The van der Waals surface area contributed by atoms with Gasteiger partial charge in [-0.1, -0.05) is 56.3 Å². The molecule has 3 saturated heterocycles. The van der Waals surface area contributed by atoms with Crippen LogP contribution >= 0.6 is 0 Å². The minimum absolute atomic E-state index is 0.0637. The molecule has 0 unspecified atom stereocenters. The van der Waals surface area contributed by atoms with Gasteiger partial charge in [0.05, 0.1) is 42.1 Å². The molecule has 1 aliphatic carbocycles. The molecular formula is C45H52N8O7. The first kappa shape index (κ1) is 39.5. The summed E-state index contributed by atoms with van der Waals surface area (Å²) in [7, 11) is 1.29. The van der Waals surface area contributed by atoms with Crippen molar-refractivity contribution in [2.45, 2.75) is 89.0 Å². The average Bonchev–Trinajstić information content (AvgIpc) is 4.12. The maximum atomic E-state index is 14.3. The smallest absolute Gasteiger partial charge is 0.407 e. The van der Waals surface area contributed by atoms with Crippen molar-refractivity contribution in [3.8, 4) is 22.4 Å². The molecule has 4 amide bonds. The highest BCUT2D eigenvalue weighted by Crippen LogP contribution is 2.50. The first-order valence-corrected chi connectivity index (χ1v) is 21.2. The van der Waals surface area contributed by atoms with Crippen molar-refractivity contribution < 1.29 is 33.8 Å². The number of H-pyrrole nitrogens is 2. The average molecular weight is 817 g/mol. The van der Waals surface area contributed by atoms with Crippen LogP contribution in [0, 0.1) is 17.8 Å². The quantitative estimate of drug-likeness (QED) is 0.0993. The Morgan fingerprint density at radius 2 is 1.65 bits per heavy atom. The number of piperidine rings is 1. The molecule has 2 bridgehead atoms. The Labute approximate surface area is 347 Å². The van der Waals surface area contributed by atoms with Crippen LogP contribution in [0.15, 0.2) is 60.8 Å². The number of nitrogens with one attached hydrogen (secondary N) is 4. The van der Waals surface area contributed by atoms with Crippen LogP contribution in [0.1, 0.15) is 82.5 Å². The van der Waals surface area contributed by atoms with Crippen molar-refractivity contribution in [3.05, 3.63) is 72.4 Å². The van der Waals surface area contributed by atoms with Crippen molar-refractivity contribution in [2.24, 2.45) is 17.8 Å². The summed E-state index contributed by atoms with van der Waals surface area (Å²) in [4.78, 5) is 72.4. The second-order valence-electron chi connectivity index (χ2n) is 17.1. The van der Waals surface area contributed by atoms with E-state index in [4.69, 9.17) is 19.4 Å². The fraction of sp³-hybridized carbons (Fsp3) is 0.467. The number of carboxylic acid groups (broad SMARTS) is 1. The lowest BCUT2D eigenvalue weighted by Crippen LogP contribution is -2.55. The van der Waals surface area contributed by atoms with Crippen molar-refractivity contribution in [1.82, 2.24) is 40.4 Å². The fourth-order valence-corrected chi connectivity index (χ4v) is 10.2. The molecule has 0 radical (unpaired) electrons. The molecule has 3 aliphatic heterocycles. The van der Waals surface area contributed by atoms with Crippen molar-refractivity contribution in [3.63, 3.8) is 0 Å². The highest BCUT2D eigenvalue weighted by Gasteiger charge is 2.52. The lowest BCUT2D eigenvalue weighted by molar-refractivity contribution is -0.140. The Bertz CT molecular complexity index is 2420. The van der Waals surface area contributed by atoms with Gasteiger partial charge in [-0.3, -0.25) is 9.59 Å². The normalized spacial score (nSPS) is 22.7. The molecular weight excluding hydrogens is 765 g/mol. The van der Waals surface area contributed by atoms with Gasteiger partial charge >= 0.3 is 12.2 Å². The van der Waals surface area contributed by atoms with Crippen molar-refractivity contribution >= 4 is 45.8 Å². The maximum absolute atomic E-state index is 14.3. The predicted molar refractivity (Wildman–Crippen MR) is 224 cm³/mol. The molecule has 15 nitrogen and oxygen atoms in total. The standard InChI is InChI=1S/C45H52N8O7/c1-24(2)36(51-45(58)59-3)42(54)52-18-4-5-35(52)40-46-23-34(48-40)26-8-6-25(7-9-26)28-11-14-32-29(21-28)12-15-33-38(32)49-41(47-33)39-30-10-13-31(22-30)53(39)43(55)37(50-44(56)57)27-16-19-60-20-17-27/h6-9,11-12,14-15,21,23-24,27,30-31,35-37,39,50H,4-5,10,13,16-20,22H2,1-3H3,(H,46,48)(H,47,49)(H,51,58)(H,56,57)/t30-,31+,35-,36-,37-,39-/m0/s1. The van der Waals surface area contributed by atoms with Gasteiger partial charge in [0.1, 0.15) is 23.7 Å². The number of ether oxygens (including phenoxy) is 2. The number of fused-ring (bicyclic) bond motifs is 5. The fourth-order valence-electron chi connectivity index (χ4n) is 10.2. The molecule has 60 heavy (non-hydrogen) atoms. The largest absolute Gasteiger partial charge is 0.465 e. The number of benzene rings is 3. The zero-order valence-electron chi connectivity index (χ0n) is 34.1. The van der Waals surface area contributed by atoms with E-state index in [2.05, 4.69) is 69.1 Å². The summed E-state index contributed by atoms with van der Waals surface area (Å²) in [6.07, 6.45) is 5.70. The summed E-state index contributed by atoms with van der Waals surface area (Å²) in [6.45, 7) is 5.43. The van der Waals surface area contributed by atoms with E-state index in [1.54, 1.807) is 6.20 Å². The van der Waals surface area contributed by atoms with Crippen LogP contribution in [-0.2, 0) is 19.1 Å². The van der Waals surface area contributed by atoms with E-state index in [0.717, 1.165) is 87.9 Å². The van der Waals surface area contributed by atoms with Crippen molar-refractivity contribution in [2.75, 3.05) is 26.9 Å². The number of carbonyl (C=O) groups excluding carboxylic acids is 3. The minimum Gasteiger partial charge on any atom is -0.465 e. The summed E-state index contributed by atoms with van der Waals surface area (Å²) >= 11 is 0. The number of aromatic nitrogens is 4. The second kappa shape index (κ2) is 16.2. The van der Waals surface area contributed by atoms with Crippen LogP contribution in [0.4, 0.5) is 9.59 Å². The number of carbonyl (C=O) groups is 4. The second-order valence-corrected chi connectivity index (χ2v) is 17.1. The number of rotatable bonds is 10. The third-order valence-corrected chi connectivity index (χ3v) is 13.3. The van der Waals surface area contributed by atoms with E-state index < -0.39 is 24.3 Å². The molecule has 9 rings (SSSR count). The van der Waals surface area contributed by atoms with Gasteiger partial charge in [0.2, 0.25) is 11.8 Å². The highest BCUT2D eigenvalue weighted by atomic mass is 16.5. The van der Waals surface area contributed by atoms with E-state index in [1.165, 1.54) is 7.11 Å². The summed E-state index contributed by atoms with van der Waals surface area (Å²) in [6, 6.07) is 16.9. The predicted octanol–water partition coefficient (Wildman–Crippen LogP) is 6.93. The van der Waals surface area contributed by atoms with Crippen LogP contribution in [0.5, 0.6) is 0 Å². The topological polar surface area (TPSA) is 195 Å². The molecule has 5 heterocycles. The molecule has 4 fully saturated rings. The van der Waals surface area contributed by atoms with Crippen LogP contribution in [-0.4, -0.2) is 104 Å². The van der Waals surface area contributed by atoms with Gasteiger partial charge < -0.3 is 45.0 Å². The molecule has 1 saturated carbocycles. The van der Waals surface area contributed by atoms with Crippen LogP contribution in [0.2, 0.25) is 0 Å². The van der Waals surface area contributed by atoms with E-state index in [-0.39, 0.29) is 47.7 Å². The van der Waals surface area contributed by atoms with Gasteiger partial charge in [-0.15, -0.1) is 0 Å². The van der Waals surface area contributed by atoms with Gasteiger partial charge in [0.25, 0.3) is 0 Å². The third kappa shape index (κ3) is 7.33. The number of aromatic amines is 2. The summed E-state index contributed by atoms with van der Waals surface area (Å²) in [5.74, 6) is 1.21. The highest BCUT2D eigenvalue weighted by molar-refractivity contribution is 6.05. The molecule has 15 heteroatoms. The van der Waals surface area contributed by atoms with E-state index in [1.807, 2.05) is 29.7 Å². The molecule has 5 aromatic rings. The molecule has 2 aromatic heterocycles. The van der Waals surface area contributed by atoms with Gasteiger partial charge in [-0.2, -0.15) is 0 Å². The monoisotopic (exact) mass is 816 g/mol. The molecule has 3 aromatic carbocycles. The zero-order valence-corrected chi connectivity index (χ0v) is 34.1. The number of likely N-dealkylation sites (tertiary alicyclic amines) is 2. The molecule has 314 valence electrons. The van der Waals surface area contributed by atoms with E-state index in [0.29, 0.717) is 32.6 Å². The van der Waals surface area contributed by atoms with Gasteiger partial charge in [-0.25, -0.2) is 19.6 Å². The van der Waals surface area contributed by atoms with Crippen LogP contribution in [0.3, 0.4) is 0 Å². The van der Waals surface area contributed by atoms with Crippen LogP contribution in [0.25, 0.3) is 44.2 Å². The lowest BCUT2D eigenvalue weighted by atomic mass is 9.89. The van der Waals surface area contributed by atoms with E-state index >= 15 is 0 Å². The minimum atomic E-state index is -1.19. The van der Waals surface area contributed by atoms with Crippen molar-refractivity contribution in [1.29, 1.82) is 0 Å². The van der Waals surface area contributed by atoms with Gasteiger partial charge in [-0.05, 0) is 96.9 Å². The first-order valence-electron chi connectivity index (χ1n) is 21.2. The lowest BCUT2D eigenvalue weighted by Gasteiger charge is -2.39. The third-order valence-electron chi connectivity index (χ3n) is 13.3. The summed E-state index contributed by atoms with van der Waals surface area (Å²) in [5.41, 5.74) is 5.69. The maximum Gasteiger partial charge on any atom is 0.407 e. The van der Waals surface area contributed by atoms with E-state index in [9.17, 15) is 24.3 Å². The number of imidazole rings is 2. The molecule has 0 spiro atoms. The zero-order chi connectivity index (χ0) is 41.7. The van der Waals surface area contributed by atoms with Gasteiger partial charge in [0, 0.05) is 31.2 Å². The Balaban J connectivity index is 0.928. The number of hydrogen-bond donors (Lipinski definition) is 5. The van der Waals surface area contributed by atoms with Gasteiger partial charge in [0.15, 0.2) is 0 Å². The summed E-state index contributed by atoms with van der Waals surface area (Å²) < 4.78 is 10.3. The number of hydrogen-bond acceptors (Lipinski definition) is 8. The Hall–Kier alpha value is -5.96. The SMILES string of the molecule is COC(=O)N[C@H](C(=O)N1CCC[C@H]1c1ncc(-c2ccc(-c3ccc4c(ccc5[nH]c([C@@H]6[C@H]7CC[C@H](C7)N6C(=O)[C@@H](NC(=O)O)C6CCOCC6)nc54)c3)cc2)[nH]1)C(C)C. The molecule has 6 atom stereocenters.